The van der Waals surface area contributed by atoms with E-state index in [9.17, 15) is 0 Å². The van der Waals surface area contributed by atoms with Gasteiger partial charge in [0.25, 0.3) is 0 Å². The van der Waals surface area contributed by atoms with Crippen LogP contribution in [-0.4, -0.2) is 35.5 Å². The zero-order valence-corrected chi connectivity index (χ0v) is 17.2. The molecule has 0 aromatic rings. The summed E-state index contributed by atoms with van der Waals surface area (Å²) in [5, 5.41) is 0. The molecular formula is C18H39AsO3. The fraction of sp³-hybridized carbons (Fsp3) is 1.00. The quantitative estimate of drug-likeness (QED) is 0.224. The van der Waals surface area contributed by atoms with Gasteiger partial charge in [-0.05, 0) is 0 Å². The van der Waals surface area contributed by atoms with Gasteiger partial charge in [0.1, 0.15) is 0 Å². The van der Waals surface area contributed by atoms with Crippen LogP contribution in [0.25, 0.3) is 0 Å². The summed E-state index contributed by atoms with van der Waals surface area (Å²) in [5.74, 6) is 0. The summed E-state index contributed by atoms with van der Waals surface area (Å²) in [6, 6.07) is 0. The van der Waals surface area contributed by atoms with Crippen LogP contribution in [0.1, 0.15) is 97.8 Å². The predicted molar refractivity (Wildman–Crippen MR) is 96.0 cm³/mol. The molecule has 0 aromatic heterocycles. The van der Waals surface area contributed by atoms with Crippen LogP contribution in [-0.2, 0) is 11.2 Å². The first kappa shape index (κ1) is 22.4. The van der Waals surface area contributed by atoms with Crippen LogP contribution in [0.5, 0.6) is 0 Å². The van der Waals surface area contributed by atoms with Crippen molar-refractivity contribution in [2.24, 2.45) is 0 Å². The molecule has 0 atom stereocenters. The van der Waals surface area contributed by atoms with Crippen LogP contribution < -0.4 is 0 Å². The molecule has 0 rings (SSSR count). The molecule has 22 heavy (non-hydrogen) atoms. The molecule has 0 unspecified atom stereocenters. The fourth-order valence-corrected chi connectivity index (χ4v) is 4.34. The van der Waals surface area contributed by atoms with E-state index in [1.807, 2.05) is 0 Å². The Bertz CT molecular complexity index is 169. The Morgan fingerprint density at radius 1 is 0.455 bits per heavy atom. The second-order valence-electron chi connectivity index (χ2n) is 5.91. The Labute approximate surface area is 144 Å². The second kappa shape index (κ2) is 19.5. The first-order valence-electron chi connectivity index (χ1n) is 9.54. The van der Waals surface area contributed by atoms with Crippen molar-refractivity contribution in [1.29, 1.82) is 0 Å². The zero-order valence-electron chi connectivity index (χ0n) is 15.3. The Hall–Kier alpha value is 0.438. The Morgan fingerprint density at radius 2 is 0.773 bits per heavy atom. The van der Waals surface area contributed by atoms with E-state index < -0.39 is 15.7 Å². The van der Waals surface area contributed by atoms with Crippen LogP contribution >= 0.6 is 0 Å². The molecule has 0 heterocycles. The third kappa shape index (κ3) is 16.8. The molecule has 0 amide bonds. The van der Waals surface area contributed by atoms with Gasteiger partial charge in [-0.2, -0.15) is 0 Å². The van der Waals surface area contributed by atoms with Gasteiger partial charge < -0.3 is 0 Å². The van der Waals surface area contributed by atoms with Gasteiger partial charge in [-0.15, -0.1) is 0 Å². The van der Waals surface area contributed by atoms with Gasteiger partial charge in [0.15, 0.2) is 0 Å². The van der Waals surface area contributed by atoms with Gasteiger partial charge in [-0.25, -0.2) is 0 Å². The van der Waals surface area contributed by atoms with Gasteiger partial charge in [0, 0.05) is 0 Å². The van der Waals surface area contributed by atoms with Crippen molar-refractivity contribution < 1.29 is 11.2 Å². The summed E-state index contributed by atoms with van der Waals surface area (Å²) < 4.78 is 17.7. The molecule has 0 radical (unpaired) electrons. The molecule has 0 aromatic carbocycles. The number of hydrogen-bond donors (Lipinski definition) is 0. The molecule has 0 aliphatic carbocycles. The monoisotopic (exact) mass is 378 g/mol. The van der Waals surface area contributed by atoms with Crippen molar-refractivity contribution >= 4 is 15.7 Å². The van der Waals surface area contributed by atoms with Crippen LogP contribution in [0, 0.1) is 0 Å². The summed E-state index contributed by atoms with van der Waals surface area (Å²) in [7, 11) is 0. The summed E-state index contributed by atoms with van der Waals surface area (Å²) in [6.45, 7) is 9.13. The molecule has 0 N–H and O–H groups in total. The van der Waals surface area contributed by atoms with Gasteiger partial charge in [0.05, 0.1) is 0 Å². The maximum absolute atomic E-state index is 5.90. The van der Waals surface area contributed by atoms with E-state index in [0.717, 1.165) is 39.1 Å². The Morgan fingerprint density at radius 3 is 1.05 bits per heavy atom. The Kier molecular flexibility index (Phi) is 19.9. The van der Waals surface area contributed by atoms with Crippen LogP contribution in [0.4, 0.5) is 0 Å². The molecule has 0 bridgehead atoms. The first-order chi connectivity index (χ1) is 10.8. The van der Waals surface area contributed by atoms with Crippen LogP contribution in [0.3, 0.4) is 0 Å². The molecule has 4 heteroatoms. The summed E-state index contributed by atoms with van der Waals surface area (Å²) in [6.07, 6.45) is 14.9. The summed E-state index contributed by atoms with van der Waals surface area (Å²) >= 11 is -1.96. The molecule has 0 spiro atoms. The summed E-state index contributed by atoms with van der Waals surface area (Å²) in [4.78, 5) is 0. The maximum atomic E-state index is 5.90. The topological polar surface area (TPSA) is 27.7 Å². The first-order valence-corrected chi connectivity index (χ1v) is 11.8. The number of rotatable bonds is 18. The van der Waals surface area contributed by atoms with Gasteiger partial charge >= 0.3 is 144 Å². The molecule has 0 saturated heterocycles. The average molecular weight is 378 g/mol. The predicted octanol–water partition coefficient (Wildman–Crippen LogP) is 5.76. The van der Waals surface area contributed by atoms with E-state index in [-0.39, 0.29) is 0 Å². The van der Waals surface area contributed by atoms with E-state index in [1.165, 1.54) is 57.8 Å². The molecule has 0 saturated carbocycles. The molecule has 0 aliphatic heterocycles. The molecular weight excluding hydrogens is 339 g/mol. The zero-order chi connectivity index (χ0) is 16.3. The Balaban J connectivity index is 3.72. The minimum atomic E-state index is -1.96. The normalized spacial score (nSPS) is 11.5. The number of hydrogen-bond acceptors (Lipinski definition) is 3. The van der Waals surface area contributed by atoms with Crippen molar-refractivity contribution in [3.63, 3.8) is 0 Å². The summed E-state index contributed by atoms with van der Waals surface area (Å²) in [5.41, 5.74) is 0. The van der Waals surface area contributed by atoms with Gasteiger partial charge in [0.2, 0.25) is 0 Å². The van der Waals surface area contributed by atoms with E-state index >= 15 is 0 Å². The number of unbranched alkanes of at least 4 members (excludes halogenated alkanes) is 9. The van der Waals surface area contributed by atoms with E-state index in [4.69, 9.17) is 11.2 Å². The van der Waals surface area contributed by atoms with Crippen LogP contribution in [0.2, 0.25) is 0 Å². The van der Waals surface area contributed by atoms with E-state index in [2.05, 4.69) is 20.8 Å². The molecule has 134 valence electrons. The van der Waals surface area contributed by atoms with Crippen LogP contribution in [0.15, 0.2) is 0 Å². The van der Waals surface area contributed by atoms with Gasteiger partial charge in [-0.3, -0.25) is 0 Å². The molecule has 0 fully saturated rings. The third-order valence-corrected chi connectivity index (χ3v) is 6.06. The second-order valence-corrected chi connectivity index (χ2v) is 8.47. The van der Waals surface area contributed by atoms with Crippen molar-refractivity contribution in [2.75, 3.05) is 19.8 Å². The van der Waals surface area contributed by atoms with Crippen molar-refractivity contribution in [3.05, 3.63) is 0 Å². The SMILES string of the molecule is CCCCCCO[As](OCCCCCC)OCCCCCC. The van der Waals surface area contributed by atoms with Crippen molar-refractivity contribution in [2.45, 2.75) is 97.8 Å². The van der Waals surface area contributed by atoms with Gasteiger partial charge in [-0.1, -0.05) is 0 Å². The minimum absolute atomic E-state index is 0.809. The standard InChI is InChI=1S/C18H39AsO3/c1-4-7-10-13-16-20-19(21-17-14-11-8-5-2)22-18-15-12-9-6-3/h4-18H2,1-3H3. The third-order valence-electron chi connectivity index (χ3n) is 3.58. The average Bonchev–Trinajstić information content (AvgIpc) is 2.53. The molecule has 3 nitrogen and oxygen atoms in total. The van der Waals surface area contributed by atoms with E-state index in [0.29, 0.717) is 0 Å². The fourth-order valence-electron chi connectivity index (χ4n) is 2.12. The molecule has 0 aliphatic rings. The van der Waals surface area contributed by atoms with Crippen molar-refractivity contribution in [1.82, 2.24) is 0 Å². The van der Waals surface area contributed by atoms with Crippen molar-refractivity contribution in [3.8, 4) is 0 Å². The van der Waals surface area contributed by atoms with E-state index in [1.54, 1.807) is 0 Å².